The van der Waals surface area contributed by atoms with Crippen molar-refractivity contribution in [1.29, 1.82) is 5.26 Å². The lowest BCUT2D eigenvalue weighted by Gasteiger charge is -2.39. The minimum absolute atomic E-state index is 0.0905. The molecule has 6 heteroatoms. The molecule has 6 nitrogen and oxygen atoms in total. The van der Waals surface area contributed by atoms with E-state index in [2.05, 4.69) is 6.07 Å². The van der Waals surface area contributed by atoms with Gasteiger partial charge in [0, 0.05) is 25.8 Å². The van der Waals surface area contributed by atoms with E-state index in [-0.39, 0.29) is 19.1 Å². The summed E-state index contributed by atoms with van der Waals surface area (Å²) >= 11 is 0. The van der Waals surface area contributed by atoms with Crippen LogP contribution in [0.15, 0.2) is 24.3 Å². The van der Waals surface area contributed by atoms with Crippen LogP contribution in [0.2, 0.25) is 0 Å². The molecule has 0 saturated carbocycles. The number of methoxy groups -OCH3 is 1. The average molecular weight is 316 g/mol. The van der Waals surface area contributed by atoms with Crippen molar-refractivity contribution >= 4 is 11.9 Å². The SMILES string of the molecule is COCC1(C(=O)O)CCCN(C(=O)c2ccc(CC#N)cc2)C1. The summed E-state index contributed by atoms with van der Waals surface area (Å²) in [6, 6.07) is 8.92. The van der Waals surface area contributed by atoms with Gasteiger partial charge in [0.05, 0.1) is 19.1 Å². The highest BCUT2D eigenvalue weighted by molar-refractivity contribution is 5.94. The maximum atomic E-state index is 12.6. The smallest absolute Gasteiger partial charge is 0.313 e. The summed E-state index contributed by atoms with van der Waals surface area (Å²) in [5.41, 5.74) is 0.316. The quantitative estimate of drug-likeness (QED) is 0.893. The molecular weight excluding hydrogens is 296 g/mol. The number of rotatable bonds is 5. The molecule has 1 aliphatic heterocycles. The number of nitriles is 1. The number of carbonyl (C=O) groups excluding carboxylic acids is 1. The van der Waals surface area contributed by atoms with Crippen molar-refractivity contribution in [3.63, 3.8) is 0 Å². The third-order valence-corrected chi connectivity index (χ3v) is 4.22. The monoisotopic (exact) mass is 316 g/mol. The zero-order chi connectivity index (χ0) is 16.9. The molecule has 1 amide bonds. The molecule has 0 spiro atoms. The Morgan fingerprint density at radius 1 is 1.39 bits per heavy atom. The Morgan fingerprint density at radius 2 is 2.09 bits per heavy atom. The van der Waals surface area contributed by atoms with Gasteiger partial charge in [0.1, 0.15) is 5.41 Å². The number of piperidine rings is 1. The van der Waals surface area contributed by atoms with Gasteiger partial charge < -0.3 is 14.7 Å². The van der Waals surface area contributed by atoms with Crippen molar-refractivity contribution in [1.82, 2.24) is 4.90 Å². The number of hydrogen-bond donors (Lipinski definition) is 1. The minimum Gasteiger partial charge on any atom is -0.481 e. The highest BCUT2D eigenvalue weighted by atomic mass is 16.5. The lowest BCUT2D eigenvalue weighted by atomic mass is 9.80. The standard InChI is InChI=1S/C17H20N2O4/c1-23-12-17(16(21)22)8-2-10-19(11-17)15(20)14-5-3-13(4-6-14)7-9-18/h3-6H,2,7-8,10-12H2,1H3,(H,21,22). The van der Waals surface area contributed by atoms with Crippen molar-refractivity contribution in [2.45, 2.75) is 19.3 Å². The summed E-state index contributed by atoms with van der Waals surface area (Å²) in [7, 11) is 1.47. The topological polar surface area (TPSA) is 90.6 Å². The van der Waals surface area contributed by atoms with Crippen molar-refractivity contribution in [2.75, 3.05) is 26.8 Å². The van der Waals surface area contributed by atoms with Gasteiger partial charge in [0.25, 0.3) is 5.91 Å². The van der Waals surface area contributed by atoms with Gasteiger partial charge >= 0.3 is 5.97 Å². The lowest BCUT2D eigenvalue weighted by Crippen LogP contribution is -2.52. The summed E-state index contributed by atoms with van der Waals surface area (Å²) in [4.78, 5) is 25.8. The first-order valence-corrected chi connectivity index (χ1v) is 7.50. The predicted octanol–water partition coefficient (Wildman–Crippen LogP) is 1.71. The second kappa shape index (κ2) is 7.25. The van der Waals surface area contributed by atoms with E-state index in [0.717, 1.165) is 5.56 Å². The number of carboxylic acids is 1. The predicted molar refractivity (Wildman–Crippen MR) is 82.8 cm³/mol. The van der Waals surface area contributed by atoms with Crippen LogP contribution in [-0.2, 0) is 16.0 Å². The molecule has 1 heterocycles. The number of likely N-dealkylation sites (tertiary alicyclic amines) is 1. The molecule has 1 N–H and O–H groups in total. The molecule has 1 aliphatic rings. The second-order valence-corrected chi connectivity index (χ2v) is 5.88. The first-order valence-electron chi connectivity index (χ1n) is 7.50. The fourth-order valence-electron chi connectivity index (χ4n) is 2.97. The number of carboxylic acid groups (broad SMARTS) is 1. The van der Waals surface area contributed by atoms with Gasteiger partial charge in [-0.1, -0.05) is 12.1 Å². The highest BCUT2D eigenvalue weighted by Gasteiger charge is 2.43. The molecular formula is C17H20N2O4. The number of aliphatic carboxylic acids is 1. The molecule has 2 rings (SSSR count). The Labute approximate surface area is 135 Å². The number of ether oxygens (including phenoxy) is 1. The van der Waals surface area contributed by atoms with E-state index in [1.807, 2.05) is 0 Å². The summed E-state index contributed by atoms with van der Waals surface area (Å²) in [5, 5.41) is 18.2. The van der Waals surface area contributed by atoms with E-state index in [9.17, 15) is 14.7 Å². The van der Waals surface area contributed by atoms with E-state index in [1.54, 1.807) is 29.2 Å². The van der Waals surface area contributed by atoms with Crippen LogP contribution < -0.4 is 0 Å². The first-order chi connectivity index (χ1) is 11.0. The molecule has 0 radical (unpaired) electrons. The summed E-state index contributed by atoms with van der Waals surface area (Å²) < 4.78 is 5.07. The van der Waals surface area contributed by atoms with Crippen LogP contribution in [0.5, 0.6) is 0 Å². The van der Waals surface area contributed by atoms with Gasteiger partial charge in [-0.05, 0) is 30.5 Å². The molecule has 1 unspecified atom stereocenters. The van der Waals surface area contributed by atoms with Gasteiger partial charge in [-0.3, -0.25) is 9.59 Å². The van der Waals surface area contributed by atoms with E-state index < -0.39 is 11.4 Å². The summed E-state index contributed by atoms with van der Waals surface area (Å²) in [6.45, 7) is 0.777. The normalized spacial score (nSPS) is 20.8. The molecule has 23 heavy (non-hydrogen) atoms. The second-order valence-electron chi connectivity index (χ2n) is 5.88. The molecule has 0 bridgehead atoms. The summed E-state index contributed by atoms with van der Waals surface area (Å²) in [6.07, 6.45) is 1.43. The van der Waals surface area contributed by atoms with Crippen molar-refractivity contribution in [3.05, 3.63) is 35.4 Å². The number of benzene rings is 1. The largest absolute Gasteiger partial charge is 0.481 e. The summed E-state index contributed by atoms with van der Waals surface area (Å²) in [5.74, 6) is -1.11. The van der Waals surface area contributed by atoms with Crippen LogP contribution in [0.4, 0.5) is 0 Å². The Bertz CT molecular complexity index is 616. The van der Waals surface area contributed by atoms with Crippen LogP contribution in [0.1, 0.15) is 28.8 Å². The van der Waals surface area contributed by atoms with Gasteiger partial charge in [-0.15, -0.1) is 0 Å². The van der Waals surface area contributed by atoms with Crippen LogP contribution >= 0.6 is 0 Å². The zero-order valence-electron chi connectivity index (χ0n) is 13.1. The van der Waals surface area contributed by atoms with E-state index in [0.29, 0.717) is 31.4 Å². The Hall–Kier alpha value is -2.39. The van der Waals surface area contributed by atoms with Gasteiger partial charge in [-0.2, -0.15) is 5.26 Å². The molecule has 1 aromatic carbocycles. The van der Waals surface area contributed by atoms with E-state index in [1.165, 1.54) is 7.11 Å². The van der Waals surface area contributed by atoms with Gasteiger partial charge in [0.15, 0.2) is 0 Å². The number of carbonyl (C=O) groups is 2. The van der Waals surface area contributed by atoms with Crippen molar-refractivity contribution in [3.8, 4) is 6.07 Å². The third kappa shape index (κ3) is 3.69. The Balaban J connectivity index is 2.15. The van der Waals surface area contributed by atoms with E-state index in [4.69, 9.17) is 10.00 Å². The van der Waals surface area contributed by atoms with Crippen LogP contribution in [0.3, 0.4) is 0 Å². The fraction of sp³-hybridized carbons (Fsp3) is 0.471. The van der Waals surface area contributed by atoms with Crippen LogP contribution in [-0.4, -0.2) is 48.7 Å². The molecule has 1 atom stereocenters. The third-order valence-electron chi connectivity index (χ3n) is 4.22. The van der Waals surface area contributed by atoms with Crippen LogP contribution in [0.25, 0.3) is 0 Å². The fourth-order valence-corrected chi connectivity index (χ4v) is 2.97. The number of nitrogens with zero attached hydrogens (tertiary/aromatic N) is 2. The van der Waals surface area contributed by atoms with E-state index >= 15 is 0 Å². The molecule has 0 aromatic heterocycles. The molecule has 1 aromatic rings. The van der Waals surface area contributed by atoms with Crippen molar-refractivity contribution < 1.29 is 19.4 Å². The Morgan fingerprint density at radius 3 is 2.65 bits per heavy atom. The first kappa shape index (κ1) is 17.0. The van der Waals surface area contributed by atoms with Crippen molar-refractivity contribution in [2.24, 2.45) is 5.41 Å². The zero-order valence-corrected chi connectivity index (χ0v) is 13.1. The van der Waals surface area contributed by atoms with Crippen LogP contribution in [0, 0.1) is 16.7 Å². The average Bonchev–Trinajstić information content (AvgIpc) is 2.55. The maximum Gasteiger partial charge on any atom is 0.313 e. The molecule has 1 fully saturated rings. The highest BCUT2D eigenvalue weighted by Crippen LogP contribution is 2.31. The van der Waals surface area contributed by atoms with Gasteiger partial charge in [0.2, 0.25) is 0 Å². The minimum atomic E-state index is -1.04. The molecule has 122 valence electrons. The molecule has 1 saturated heterocycles. The maximum absolute atomic E-state index is 12.6. The van der Waals surface area contributed by atoms with Gasteiger partial charge in [-0.25, -0.2) is 0 Å². The Kier molecular flexibility index (Phi) is 5.35. The number of hydrogen-bond acceptors (Lipinski definition) is 4. The lowest BCUT2D eigenvalue weighted by molar-refractivity contribution is -0.155. The molecule has 0 aliphatic carbocycles. The number of amides is 1.